The molecule has 0 heterocycles. The molecule has 26 heavy (non-hydrogen) atoms. The highest BCUT2D eigenvalue weighted by Gasteiger charge is 2.18. The van der Waals surface area contributed by atoms with Crippen LogP contribution in [0.4, 0.5) is 0 Å². The van der Waals surface area contributed by atoms with Gasteiger partial charge in [-0.15, -0.1) is 0 Å². The van der Waals surface area contributed by atoms with Gasteiger partial charge < -0.3 is 24.4 Å². The van der Waals surface area contributed by atoms with E-state index in [9.17, 15) is 4.79 Å². The zero-order valence-corrected chi connectivity index (χ0v) is 15.9. The number of amides is 1. The smallest absolute Gasteiger partial charge is 0.255 e. The maximum atomic E-state index is 12.6. The van der Waals surface area contributed by atoms with Gasteiger partial charge in [-0.2, -0.15) is 0 Å². The third kappa shape index (κ3) is 4.67. The first-order valence-corrected chi connectivity index (χ1v) is 8.30. The van der Waals surface area contributed by atoms with Crippen LogP contribution in [0, 0.1) is 0 Å². The minimum atomic E-state index is -0.195. The molecule has 2 rings (SSSR count). The van der Waals surface area contributed by atoms with Gasteiger partial charge >= 0.3 is 0 Å². The Balaban J connectivity index is 2.15. The molecule has 0 bridgehead atoms. The van der Waals surface area contributed by atoms with Gasteiger partial charge in [-0.1, -0.05) is 12.1 Å². The largest absolute Gasteiger partial charge is 0.497 e. The number of benzene rings is 2. The average molecular weight is 358 g/mol. The number of hydrogen-bond acceptors (Lipinski definition) is 5. The molecule has 0 saturated heterocycles. The number of ether oxygens (including phenoxy) is 3. The van der Waals surface area contributed by atoms with Gasteiger partial charge in [0.1, 0.15) is 17.2 Å². The van der Waals surface area contributed by atoms with Crippen molar-refractivity contribution in [3.8, 4) is 17.2 Å². The van der Waals surface area contributed by atoms with E-state index >= 15 is 0 Å². The summed E-state index contributed by atoms with van der Waals surface area (Å²) in [4.78, 5) is 14.7. The molecule has 0 fully saturated rings. The van der Waals surface area contributed by atoms with E-state index in [0.717, 1.165) is 11.3 Å². The number of likely N-dealkylation sites (N-methyl/N-ethyl adjacent to an activating group) is 1. The van der Waals surface area contributed by atoms with Crippen molar-refractivity contribution in [3.63, 3.8) is 0 Å². The third-order valence-corrected chi connectivity index (χ3v) is 4.21. The van der Waals surface area contributed by atoms with Crippen molar-refractivity contribution in [1.29, 1.82) is 0 Å². The van der Waals surface area contributed by atoms with Crippen LogP contribution in [0.5, 0.6) is 17.2 Å². The first kappa shape index (κ1) is 19.6. The monoisotopic (exact) mass is 358 g/mol. The van der Waals surface area contributed by atoms with Crippen LogP contribution in [-0.4, -0.2) is 52.8 Å². The summed E-state index contributed by atoms with van der Waals surface area (Å²) in [6.07, 6.45) is 0. The molecule has 0 aliphatic heterocycles. The van der Waals surface area contributed by atoms with E-state index in [-0.39, 0.29) is 11.9 Å². The van der Waals surface area contributed by atoms with Crippen LogP contribution >= 0.6 is 0 Å². The summed E-state index contributed by atoms with van der Waals surface area (Å²) in [5.74, 6) is 1.71. The molecule has 140 valence electrons. The summed E-state index contributed by atoms with van der Waals surface area (Å²) in [6.45, 7) is 0.453. The molecule has 0 aliphatic rings. The van der Waals surface area contributed by atoms with E-state index < -0.39 is 0 Å². The summed E-state index contributed by atoms with van der Waals surface area (Å²) in [5.41, 5.74) is 1.53. The van der Waals surface area contributed by atoms with E-state index in [2.05, 4.69) is 10.2 Å². The number of nitrogens with zero attached hydrogens (tertiary/aromatic N) is 1. The number of carbonyl (C=O) groups excluding carboxylic acids is 1. The van der Waals surface area contributed by atoms with Crippen molar-refractivity contribution >= 4 is 5.91 Å². The van der Waals surface area contributed by atoms with Gasteiger partial charge in [0.25, 0.3) is 5.91 Å². The van der Waals surface area contributed by atoms with E-state index in [1.807, 2.05) is 38.4 Å². The van der Waals surface area contributed by atoms with Crippen LogP contribution < -0.4 is 19.5 Å². The molecule has 2 aromatic rings. The molecule has 1 unspecified atom stereocenters. The lowest BCUT2D eigenvalue weighted by molar-refractivity contribution is 0.0939. The van der Waals surface area contributed by atoms with Crippen molar-refractivity contribution in [1.82, 2.24) is 10.2 Å². The SMILES string of the molecule is COc1cccc(C(CNC(=O)c2ccc(OC)cc2OC)N(C)C)c1. The fourth-order valence-electron chi connectivity index (χ4n) is 2.72. The summed E-state index contributed by atoms with van der Waals surface area (Å²) < 4.78 is 15.8. The zero-order chi connectivity index (χ0) is 19.1. The second kappa shape index (κ2) is 9.10. The maximum absolute atomic E-state index is 12.6. The molecule has 0 spiro atoms. The molecule has 6 heteroatoms. The predicted octanol–water partition coefficient (Wildman–Crippen LogP) is 2.75. The van der Waals surface area contributed by atoms with Crippen molar-refractivity contribution in [2.75, 3.05) is 42.0 Å². The number of rotatable bonds is 8. The van der Waals surface area contributed by atoms with E-state index in [4.69, 9.17) is 14.2 Å². The van der Waals surface area contributed by atoms with E-state index in [1.54, 1.807) is 32.4 Å². The molecule has 1 N–H and O–H groups in total. The van der Waals surface area contributed by atoms with Gasteiger partial charge in [-0.3, -0.25) is 4.79 Å². The Morgan fingerprint density at radius 2 is 1.69 bits per heavy atom. The molecule has 2 aromatic carbocycles. The van der Waals surface area contributed by atoms with Crippen molar-refractivity contribution in [3.05, 3.63) is 53.6 Å². The van der Waals surface area contributed by atoms with E-state index in [0.29, 0.717) is 23.6 Å². The van der Waals surface area contributed by atoms with Crippen molar-refractivity contribution < 1.29 is 19.0 Å². The summed E-state index contributed by atoms with van der Waals surface area (Å²) >= 11 is 0. The highest BCUT2D eigenvalue weighted by Crippen LogP contribution is 2.25. The van der Waals surface area contributed by atoms with Gasteiger partial charge in [0.05, 0.1) is 32.9 Å². The Labute approximate surface area is 154 Å². The van der Waals surface area contributed by atoms with Crippen molar-refractivity contribution in [2.24, 2.45) is 0 Å². The normalized spacial score (nSPS) is 11.8. The molecule has 1 atom stereocenters. The lowest BCUT2D eigenvalue weighted by atomic mass is 10.1. The van der Waals surface area contributed by atoms with Gasteiger partial charge in [-0.05, 0) is 43.9 Å². The number of carbonyl (C=O) groups is 1. The molecule has 0 saturated carbocycles. The Bertz CT molecular complexity index is 746. The molecule has 0 aromatic heterocycles. The third-order valence-electron chi connectivity index (χ3n) is 4.21. The fourth-order valence-corrected chi connectivity index (χ4v) is 2.72. The minimum absolute atomic E-state index is 0.0123. The maximum Gasteiger partial charge on any atom is 0.255 e. The quantitative estimate of drug-likeness (QED) is 0.786. The van der Waals surface area contributed by atoms with Crippen LogP contribution in [0.3, 0.4) is 0 Å². The zero-order valence-electron chi connectivity index (χ0n) is 15.9. The van der Waals surface area contributed by atoms with Crippen LogP contribution in [0.15, 0.2) is 42.5 Å². The predicted molar refractivity (Wildman–Crippen MR) is 101 cm³/mol. The highest BCUT2D eigenvalue weighted by atomic mass is 16.5. The molecular weight excluding hydrogens is 332 g/mol. The van der Waals surface area contributed by atoms with Crippen LogP contribution in [-0.2, 0) is 0 Å². The Kier molecular flexibility index (Phi) is 6.86. The van der Waals surface area contributed by atoms with Gasteiger partial charge in [0.2, 0.25) is 0 Å². The molecule has 6 nitrogen and oxygen atoms in total. The second-order valence-electron chi connectivity index (χ2n) is 6.03. The van der Waals surface area contributed by atoms with Crippen LogP contribution in [0.1, 0.15) is 22.0 Å². The number of nitrogens with one attached hydrogen (secondary N) is 1. The standard InChI is InChI=1S/C20H26N2O4/c1-22(2)18(14-7-6-8-15(11-14)24-3)13-21-20(23)17-10-9-16(25-4)12-19(17)26-5/h6-12,18H,13H2,1-5H3,(H,21,23). The first-order chi connectivity index (χ1) is 12.5. The Hall–Kier alpha value is -2.73. The Morgan fingerprint density at radius 1 is 1.00 bits per heavy atom. The van der Waals surface area contributed by atoms with Crippen LogP contribution in [0.2, 0.25) is 0 Å². The molecule has 1 amide bonds. The van der Waals surface area contributed by atoms with Crippen LogP contribution in [0.25, 0.3) is 0 Å². The lowest BCUT2D eigenvalue weighted by Gasteiger charge is -2.25. The first-order valence-electron chi connectivity index (χ1n) is 8.30. The topological polar surface area (TPSA) is 60.0 Å². The minimum Gasteiger partial charge on any atom is -0.497 e. The number of hydrogen-bond donors (Lipinski definition) is 1. The van der Waals surface area contributed by atoms with Gasteiger partial charge in [0, 0.05) is 12.6 Å². The summed E-state index contributed by atoms with van der Waals surface area (Å²) in [7, 11) is 8.70. The Morgan fingerprint density at radius 3 is 2.31 bits per heavy atom. The summed E-state index contributed by atoms with van der Waals surface area (Å²) in [6, 6.07) is 13.0. The van der Waals surface area contributed by atoms with Gasteiger partial charge in [-0.25, -0.2) is 0 Å². The fraction of sp³-hybridized carbons (Fsp3) is 0.350. The molecule has 0 radical (unpaired) electrons. The highest BCUT2D eigenvalue weighted by molar-refractivity contribution is 5.97. The van der Waals surface area contributed by atoms with Crippen molar-refractivity contribution in [2.45, 2.75) is 6.04 Å². The van der Waals surface area contributed by atoms with E-state index in [1.165, 1.54) is 7.11 Å². The summed E-state index contributed by atoms with van der Waals surface area (Å²) in [5, 5.41) is 2.99. The molecular formula is C20H26N2O4. The number of methoxy groups -OCH3 is 3. The average Bonchev–Trinajstić information content (AvgIpc) is 2.67. The second-order valence-corrected chi connectivity index (χ2v) is 6.03. The lowest BCUT2D eigenvalue weighted by Crippen LogP contribution is -2.34. The molecule has 0 aliphatic carbocycles. The van der Waals surface area contributed by atoms with Gasteiger partial charge in [0.15, 0.2) is 0 Å².